The van der Waals surface area contributed by atoms with Crippen LogP contribution in [0.4, 0.5) is 5.69 Å². The zero-order chi connectivity index (χ0) is 24.0. The lowest BCUT2D eigenvalue weighted by Gasteiger charge is -2.14. The Hall–Kier alpha value is -2.20. The lowest BCUT2D eigenvalue weighted by molar-refractivity contribution is -0.145. The molecular formula is C22H19BrCl2N2O5S. The van der Waals surface area contributed by atoms with Gasteiger partial charge >= 0.3 is 5.97 Å². The van der Waals surface area contributed by atoms with Crippen LogP contribution in [-0.2, 0) is 14.3 Å². The molecule has 0 unspecified atom stereocenters. The van der Waals surface area contributed by atoms with Gasteiger partial charge in [0, 0.05) is 0 Å². The van der Waals surface area contributed by atoms with Crippen LogP contribution in [0.15, 0.2) is 44.7 Å². The van der Waals surface area contributed by atoms with Gasteiger partial charge in [-0.2, -0.15) is 0 Å². The maximum absolute atomic E-state index is 12.5. The molecule has 2 aromatic carbocycles. The number of amides is 1. The highest BCUT2D eigenvalue weighted by molar-refractivity contribution is 9.10. The molecule has 2 aromatic rings. The minimum atomic E-state index is -0.483. The average molecular weight is 574 g/mol. The monoisotopic (exact) mass is 572 g/mol. The molecule has 1 heterocycles. The first-order valence-electron chi connectivity index (χ1n) is 9.80. The number of thioether (sulfide) groups is 1. The number of ether oxygens (including phenoxy) is 3. The van der Waals surface area contributed by atoms with Crippen molar-refractivity contribution in [2.45, 2.75) is 13.8 Å². The van der Waals surface area contributed by atoms with E-state index in [0.717, 1.165) is 0 Å². The fourth-order valence-corrected chi connectivity index (χ4v) is 4.47. The highest BCUT2D eigenvalue weighted by Gasteiger charge is 2.25. The number of hydrogen-bond acceptors (Lipinski definition) is 7. The first kappa shape index (κ1) is 25.4. The lowest BCUT2D eigenvalue weighted by atomic mass is 10.2. The Kier molecular flexibility index (Phi) is 9.08. The molecule has 1 saturated heterocycles. The van der Waals surface area contributed by atoms with Crippen molar-refractivity contribution >= 4 is 79.7 Å². The number of amidine groups is 1. The first-order valence-corrected chi connectivity index (χ1v) is 12.2. The predicted molar refractivity (Wildman–Crippen MR) is 135 cm³/mol. The minimum Gasteiger partial charge on any atom is -0.490 e. The van der Waals surface area contributed by atoms with Gasteiger partial charge in [0.25, 0.3) is 5.91 Å². The quantitative estimate of drug-likeness (QED) is 0.308. The van der Waals surface area contributed by atoms with Crippen molar-refractivity contribution in [2.75, 3.05) is 19.8 Å². The molecular weight excluding hydrogens is 555 g/mol. The molecule has 0 saturated carbocycles. The van der Waals surface area contributed by atoms with E-state index in [2.05, 4.69) is 26.2 Å². The van der Waals surface area contributed by atoms with Crippen LogP contribution in [0.3, 0.4) is 0 Å². The molecule has 33 heavy (non-hydrogen) atoms. The number of hydrogen-bond donors (Lipinski definition) is 1. The number of nitrogens with one attached hydrogen (secondary N) is 1. The molecule has 0 bridgehead atoms. The van der Waals surface area contributed by atoms with E-state index in [0.29, 0.717) is 53.9 Å². The summed E-state index contributed by atoms with van der Waals surface area (Å²) < 4.78 is 16.7. The van der Waals surface area contributed by atoms with Crippen molar-refractivity contribution in [2.24, 2.45) is 4.99 Å². The molecule has 1 N–H and O–H groups in total. The van der Waals surface area contributed by atoms with E-state index in [9.17, 15) is 9.59 Å². The Morgan fingerprint density at radius 1 is 1.21 bits per heavy atom. The molecule has 1 aliphatic heterocycles. The standard InChI is InChI=1S/C22H19BrCl2N2O5S/c1-3-30-16-9-12(8-13(23)20(16)32-11-18(28)31-4-2)10-17-21(29)27-22(33-17)26-15-7-5-6-14(24)19(15)25/h5-10H,3-4,11H2,1-2H3,(H,26,27,29)/b17-10+. The van der Waals surface area contributed by atoms with Gasteiger partial charge in [-0.05, 0) is 77.4 Å². The molecule has 3 rings (SSSR count). The molecule has 0 spiro atoms. The predicted octanol–water partition coefficient (Wildman–Crippen LogP) is 5.99. The molecule has 1 amide bonds. The minimum absolute atomic E-state index is 0.253. The van der Waals surface area contributed by atoms with Crippen LogP contribution >= 0.6 is 50.9 Å². The van der Waals surface area contributed by atoms with Gasteiger partial charge in [-0.1, -0.05) is 29.3 Å². The normalized spacial score (nSPS) is 15.6. The van der Waals surface area contributed by atoms with Gasteiger partial charge in [0.15, 0.2) is 23.3 Å². The summed E-state index contributed by atoms with van der Waals surface area (Å²) >= 11 is 16.8. The molecule has 7 nitrogen and oxygen atoms in total. The van der Waals surface area contributed by atoms with Crippen molar-refractivity contribution in [3.05, 3.63) is 55.3 Å². The van der Waals surface area contributed by atoms with Gasteiger partial charge in [0.1, 0.15) is 0 Å². The van der Waals surface area contributed by atoms with Crippen molar-refractivity contribution in [3.8, 4) is 11.5 Å². The fourth-order valence-electron chi connectivity index (χ4n) is 2.73. The lowest BCUT2D eigenvalue weighted by Crippen LogP contribution is -2.19. The average Bonchev–Trinajstić information content (AvgIpc) is 3.10. The highest BCUT2D eigenvalue weighted by atomic mass is 79.9. The SMILES string of the molecule is CCOC(=O)COc1c(Br)cc(/C=C2/SC(=Nc3cccc(Cl)c3Cl)NC2=O)cc1OCC. The van der Waals surface area contributed by atoms with Crippen molar-refractivity contribution in [3.63, 3.8) is 0 Å². The molecule has 0 radical (unpaired) electrons. The second kappa shape index (κ2) is 11.8. The Morgan fingerprint density at radius 3 is 2.73 bits per heavy atom. The highest BCUT2D eigenvalue weighted by Crippen LogP contribution is 2.39. The summed E-state index contributed by atoms with van der Waals surface area (Å²) in [7, 11) is 0. The van der Waals surface area contributed by atoms with Gasteiger partial charge in [0.05, 0.1) is 38.3 Å². The Balaban J connectivity index is 1.84. The maximum Gasteiger partial charge on any atom is 0.344 e. The van der Waals surface area contributed by atoms with E-state index >= 15 is 0 Å². The van der Waals surface area contributed by atoms with Crippen molar-refractivity contribution in [1.82, 2.24) is 5.32 Å². The van der Waals surface area contributed by atoms with Crippen LogP contribution < -0.4 is 14.8 Å². The zero-order valence-electron chi connectivity index (χ0n) is 17.6. The summed E-state index contributed by atoms with van der Waals surface area (Å²) in [5.41, 5.74) is 1.14. The van der Waals surface area contributed by atoms with Crippen LogP contribution in [0, 0.1) is 0 Å². The molecule has 0 aromatic heterocycles. The summed E-state index contributed by atoms with van der Waals surface area (Å²) in [6, 6.07) is 8.57. The molecule has 174 valence electrons. The largest absolute Gasteiger partial charge is 0.490 e. The van der Waals surface area contributed by atoms with E-state index in [1.54, 1.807) is 43.3 Å². The van der Waals surface area contributed by atoms with Gasteiger partial charge in [-0.25, -0.2) is 9.79 Å². The van der Waals surface area contributed by atoms with Crippen LogP contribution in [0.1, 0.15) is 19.4 Å². The summed E-state index contributed by atoms with van der Waals surface area (Å²) in [4.78, 5) is 28.9. The van der Waals surface area contributed by atoms with E-state index in [4.69, 9.17) is 37.4 Å². The molecule has 11 heteroatoms. The van der Waals surface area contributed by atoms with E-state index in [1.165, 1.54) is 11.8 Å². The van der Waals surface area contributed by atoms with E-state index in [1.807, 2.05) is 6.92 Å². The van der Waals surface area contributed by atoms with Gasteiger partial charge < -0.3 is 19.5 Å². The molecule has 1 aliphatic rings. The Morgan fingerprint density at radius 2 is 2.00 bits per heavy atom. The van der Waals surface area contributed by atoms with Crippen molar-refractivity contribution < 1.29 is 23.8 Å². The van der Waals surface area contributed by atoms with Gasteiger partial charge in [-0.3, -0.25) is 4.79 Å². The number of aliphatic imine (C=N–C) groups is 1. The molecule has 0 aliphatic carbocycles. The third kappa shape index (κ3) is 6.66. The Bertz CT molecular complexity index is 1140. The summed E-state index contributed by atoms with van der Waals surface area (Å²) in [5.74, 6) is 0.0109. The molecule has 0 atom stereocenters. The van der Waals surface area contributed by atoms with E-state index < -0.39 is 5.97 Å². The second-order valence-corrected chi connectivity index (χ2v) is 9.08. The van der Waals surface area contributed by atoms with Crippen LogP contribution in [0.5, 0.6) is 11.5 Å². The van der Waals surface area contributed by atoms with Crippen LogP contribution in [-0.4, -0.2) is 36.9 Å². The number of halogens is 3. The number of benzene rings is 2. The van der Waals surface area contributed by atoms with Crippen LogP contribution in [0.25, 0.3) is 6.08 Å². The topological polar surface area (TPSA) is 86.2 Å². The molecule has 1 fully saturated rings. The first-order chi connectivity index (χ1) is 15.8. The summed E-state index contributed by atoms with van der Waals surface area (Å²) in [6.07, 6.45) is 1.70. The smallest absolute Gasteiger partial charge is 0.344 e. The number of nitrogens with zero attached hydrogens (tertiary/aromatic N) is 1. The second-order valence-electron chi connectivity index (χ2n) is 6.41. The number of rotatable bonds is 8. The third-order valence-electron chi connectivity index (χ3n) is 4.07. The fraction of sp³-hybridized carbons (Fsp3) is 0.227. The maximum atomic E-state index is 12.5. The van der Waals surface area contributed by atoms with Gasteiger partial charge in [-0.15, -0.1) is 0 Å². The summed E-state index contributed by atoms with van der Waals surface area (Å²) in [5, 5.41) is 3.78. The number of carbonyl (C=O) groups is 2. The number of esters is 1. The van der Waals surface area contributed by atoms with E-state index in [-0.39, 0.29) is 19.1 Å². The third-order valence-corrected chi connectivity index (χ3v) is 6.38. The van der Waals surface area contributed by atoms with Crippen molar-refractivity contribution in [1.29, 1.82) is 0 Å². The number of carbonyl (C=O) groups excluding carboxylic acids is 2. The zero-order valence-corrected chi connectivity index (χ0v) is 21.5. The Labute approximate surface area is 213 Å². The van der Waals surface area contributed by atoms with Gasteiger partial charge in [0.2, 0.25) is 0 Å². The summed E-state index contributed by atoms with van der Waals surface area (Å²) in [6.45, 7) is 3.95. The van der Waals surface area contributed by atoms with Crippen LogP contribution in [0.2, 0.25) is 10.0 Å².